The van der Waals surface area contributed by atoms with E-state index < -0.39 is 0 Å². The molecule has 1 aromatic heterocycles. The van der Waals surface area contributed by atoms with Gasteiger partial charge in [0.2, 0.25) is 0 Å². The van der Waals surface area contributed by atoms with Crippen molar-refractivity contribution in [3.63, 3.8) is 0 Å². The Morgan fingerprint density at radius 3 is 1.90 bits per heavy atom. The molecule has 0 aliphatic heterocycles. The molecule has 0 amide bonds. The Bertz CT molecular complexity index is 290. The molecule has 1 aromatic rings. The van der Waals surface area contributed by atoms with Gasteiger partial charge in [0.05, 0.1) is 0 Å². The Balaban J connectivity index is 0. The lowest BCUT2D eigenvalue weighted by atomic mass is 10.0. The van der Waals surface area contributed by atoms with Gasteiger partial charge in [-0.2, -0.15) is 0 Å². The second kappa shape index (κ2) is 15.0. The van der Waals surface area contributed by atoms with E-state index in [2.05, 4.69) is 49.0 Å². The van der Waals surface area contributed by atoms with Crippen LogP contribution < -0.4 is 10.7 Å². The number of hydrogen-bond donors (Lipinski definition) is 1. The van der Waals surface area contributed by atoms with Crippen molar-refractivity contribution >= 4 is 17.0 Å². The molecule has 1 unspecified atom stereocenters. The first kappa shape index (κ1) is 21.9. The largest absolute Gasteiger partial charge is 0.344 e. The highest BCUT2D eigenvalue weighted by molar-refractivity contribution is 8.93. The third-order valence-electron chi connectivity index (χ3n) is 3.77. The molecular formula is C17H34BrN2+. The van der Waals surface area contributed by atoms with E-state index in [-0.39, 0.29) is 23.1 Å². The minimum Gasteiger partial charge on any atom is -0.344 e. The zero-order valence-electron chi connectivity index (χ0n) is 13.4. The fourth-order valence-corrected chi connectivity index (χ4v) is 2.56. The number of unbranched alkanes of at least 4 members (excludes halogenated alkanes) is 6. The van der Waals surface area contributed by atoms with Gasteiger partial charge in [-0.05, 0) is 6.42 Å². The molecule has 0 spiro atoms. The van der Waals surface area contributed by atoms with E-state index in [4.69, 9.17) is 0 Å². The lowest BCUT2D eigenvalue weighted by molar-refractivity contribution is -0.724. The van der Waals surface area contributed by atoms with Crippen molar-refractivity contribution in [1.82, 2.24) is 6.15 Å². The van der Waals surface area contributed by atoms with Gasteiger partial charge in [0.25, 0.3) is 0 Å². The van der Waals surface area contributed by atoms with Crippen LogP contribution in [0.1, 0.15) is 77.7 Å². The van der Waals surface area contributed by atoms with Crippen LogP contribution in [0.5, 0.6) is 0 Å². The van der Waals surface area contributed by atoms with Crippen LogP contribution in [0.2, 0.25) is 0 Å². The van der Waals surface area contributed by atoms with Gasteiger partial charge < -0.3 is 6.15 Å². The van der Waals surface area contributed by atoms with Crippen molar-refractivity contribution in [2.24, 2.45) is 0 Å². The molecule has 0 saturated carbocycles. The van der Waals surface area contributed by atoms with Crippen molar-refractivity contribution in [2.75, 3.05) is 0 Å². The molecule has 0 aliphatic carbocycles. The molecule has 20 heavy (non-hydrogen) atoms. The number of pyridine rings is 1. The Labute approximate surface area is 136 Å². The quantitative estimate of drug-likeness (QED) is 0.422. The predicted molar refractivity (Wildman–Crippen MR) is 93.9 cm³/mol. The zero-order valence-corrected chi connectivity index (χ0v) is 15.1. The zero-order chi connectivity index (χ0) is 13.1. The van der Waals surface area contributed by atoms with Crippen LogP contribution in [0.15, 0.2) is 30.6 Å². The van der Waals surface area contributed by atoms with Gasteiger partial charge >= 0.3 is 0 Å². The lowest BCUT2D eigenvalue weighted by Gasteiger charge is -2.09. The van der Waals surface area contributed by atoms with Crippen LogP contribution in [-0.4, -0.2) is 0 Å². The van der Waals surface area contributed by atoms with Crippen LogP contribution in [0.25, 0.3) is 0 Å². The van der Waals surface area contributed by atoms with E-state index in [1.807, 2.05) is 0 Å². The molecule has 0 saturated heterocycles. The van der Waals surface area contributed by atoms with Gasteiger partial charge in [-0.3, -0.25) is 0 Å². The van der Waals surface area contributed by atoms with Crippen LogP contribution in [0.3, 0.4) is 0 Å². The summed E-state index contributed by atoms with van der Waals surface area (Å²) in [6.45, 7) is 4.58. The fraction of sp³-hybridized carbons (Fsp3) is 0.706. The van der Waals surface area contributed by atoms with Crippen LogP contribution in [-0.2, 0) is 0 Å². The van der Waals surface area contributed by atoms with Gasteiger partial charge in [-0.1, -0.05) is 58.4 Å². The summed E-state index contributed by atoms with van der Waals surface area (Å²) in [5, 5.41) is 0. The van der Waals surface area contributed by atoms with Crippen molar-refractivity contribution in [3.05, 3.63) is 30.6 Å². The minimum absolute atomic E-state index is 0. The van der Waals surface area contributed by atoms with E-state index in [0.717, 1.165) is 0 Å². The number of nitrogens with zero attached hydrogens (tertiary/aromatic N) is 1. The summed E-state index contributed by atoms with van der Waals surface area (Å²) in [6.07, 6.45) is 16.8. The summed E-state index contributed by atoms with van der Waals surface area (Å²) >= 11 is 0. The second-order valence-corrected chi connectivity index (χ2v) is 5.29. The number of rotatable bonds is 10. The van der Waals surface area contributed by atoms with Crippen molar-refractivity contribution in [1.29, 1.82) is 0 Å². The van der Waals surface area contributed by atoms with Gasteiger partial charge in [0.1, 0.15) is 0 Å². The average Bonchev–Trinajstić information content (AvgIpc) is 2.43. The average molecular weight is 346 g/mol. The number of hydrogen-bond acceptors (Lipinski definition) is 1. The maximum Gasteiger partial charge on any atom is 0.169 e. The molecule has 118 valence electrons. The van der Waals surface area contributed by atoms with Gasteiger partial charge in [-0.25, -0.2) is 4.57 Å². The molecule has 3 N–H and O–H groups in total. The molecule has 0 radical (unpaired) electrons. The minimum atomic E-state index is 0. The Morgan fingerprint density at radius 2 is 1.35 bits per heavy atom. The highest BCUT2D eigenvalue weighted by Crippen LogP contribution is 2.15. The van der Waals surface area contributed by atoms with E-state index >= 15 is 0 Å². The Hall–Kier alpha value is -0.410. The summed E-state index contributed by atoms with van der Waals surface area (Å²) in [5.74, 6) is 0. The Kier molecular flexibility index (Phi) is 16.4. The number of halogens is 1. The van der Waals surface area contributed by atoms with Gasteiger partial charge in [-0.15, -0.1) is 17.0 Å². The monoisotopic (exact) mass is 345 g/mol. The van der Waals surface area contributed by atoms with E-state index in [1.165, 1.54) is 57.8 Å². The fourth-order valence-electron chi connectivity index (χ4n) is 2.56. The molecule has 0 bridgehead atoms. The van der Waals surface area contributed by atoms with Gasteiger partial charge in [0, 0.05) is 25.0 Å². The summed E-state index contributed by atoms with van der Waals surface area (Å²) in [4.78, 5) is 0. The Morgan fingerprint density at radius 1 is 0.800 bits per heavy atom. The van der Waals surface area contributed by atoms with Crippen LogP contribution in [0.4, 0.5) is 0 Å². The molecule has 3 heteroatoms. The molecule has 0 fully saturated rings. The molecule has 2 nitrogen and oxygen atoms in total. The highest BCUT2D eigenvalue weighted by Gasteiger charge is 2.14. The molecule has 0 aliphatic rings. The van der Waals surface area contributed by atoms with E-state index in [9.17, 15) is 0 Å². The topological polar surface area (TPSA) is 38.9 Å². The first-order chi connectivity index (χ1) is 8.88. The number of aromatic nitrogens is 1. The normalized spacial score (nSPS) is 11.3. The predicted octanol–water partition coefficient (Wildman–Crippen LogP) is 5.81. The smallest absolute Gasteiger partial charge is 0.169 e. The maximum absolute atomic E-state index is 2.37. The second-order valence-electron chi connectivity index (χ2n) is 5.29. The maximum atomic E-state index is 2.37. The SMILES string of the molecule is Br.CCCCCCCCCC(CC)[n+]1ccccc1.N. The van der Waals surface area contributed by atoms with Crippen molar-refractivity contribution < 1.29 is 4.57 Å². The third kappa shape index (κ3) is 9.49. The molecule has 0 aromatic carbocycles. The molecule has 1 rings (SSSR count). The van der Waals surface area contributed by atoms with Crippen LogP contribution in [0, 0.1) is 0 Å². The highest BCUT2D eigenvalue weighted by atomic mass is 79.9. The van der Waals surface area contributed by atoms with E-state index in [0.29, 0.717) is 6.04 Å². The van der Waals surface area contributed by atoms with Crippen LogP contribution >= 0.6 is 17.0 Å². The summed E-state index contributed by atoms with van der Waals surface area (Å²) in [6, 6.07) is 7.06. The van der Waals surface area contributed by atoms with Crippen molar-refractivity contribution in [3.8, 4) is 0 Å². The summed E-state index contributed by atoms with van der Waals surface area (Å²) in [7, 11) is 0. The lowest BCUT2D eigenvalue weighted by Crippen LogP contribution is -2.38. The molecular weight excluding hydrogens is 312 g/mol. The third-order valence-corrected chi connectivity index (χ3v) is 3.77. The summed E-state index contributed by atoms with van der Waals surface area (Å²) < 4.78 is 2.37. The van der Waals surface area contributed by atoms with Gasteiger partial charge in [0.15, 0.2) is 18.4 Å². The summed E-state index contributed by atoms with van der Waals surface area (Å²) in [5.41, 5.74) is 0. The van der Waals surface area contributed by atoms with Crippen molar-refractivity contribution in [2.45, 2.75) is 77.7 Å². The first-order valence-corrected chi connectivity index (χ1v) is 7.84. The standard InChI is InChI=1S/C17H30N.BrH.H3N/c1-3-5-6-7-8-9-11-14-17(4-2)18-15-12-10-13-16-18;;/h10,12-13,15-17H,3-9,11,14H2,1-2H3;1H;1H3/q+1;;. The molecule has 1 heterocycles. The first-order valence-electron chi connectivity index (χ1n) is 7.84. The van der Waals surface area contributed by atoms with E-state index in [1.54, 1.807) is 0 Å². The molecule has 1 atom stereocenters.